The minimum absolute atomic E-state index is 0. The van der Waals surface area contributed by atoms with Gasteiger partial charge in [0.15, 0.2) is 0 Å². The third kappa shape index (κ3) is 2.00. The van der Waals surface area contributed by atoms with Gasteiger partial charge in [0, 0.05) is 5.41 Å². The molecule has 1 saturated carbocycles. The van der Waals surface area contributed by atoms with Crippen LogP contribution < -0.4 is 0 Å². The normalized spacial score (nSPS) is 31.1. The molecule has 0 radical (unpaired) electrons. The Bertz CT molecular complexity index is 365. The largest absolute Gasteiger partial charge is 0.0776 e. The van der Waals surface area contributed by atoms with Gasteiger partial charge in [-0.1, -0.05) is 65.7 Å². The van der Waals surface area contributed by atoms with Crippen molar-refractivity contribution in [2.75, 3.05) is 0 Å². The topological polar surface area (TPSA) is 0 Å². The summed E-state index contributed by atoms with van der Waals surface area (Å²) in [6, 6.07) is 0. The zero-order valence-electron chi connectivity index (χ0n) is 11.8. The quantitative estimate of drug-likeness (QED) is 0.542. The lowest BCUT2D eigenvalue weighted by atomic mass is 9.60. The predicted molar refractivity (Wildman–Crippen MR) is 78.1 cm³/mol. The van der Waals surface area contributed by atoms with Crippen molar-refractivity contribution < 1.29 is 0 Å². The molecule has 0 N–H and O–H groups in total. The van der Waals surface area contributed by atoms with Gasteiger partial charge in [-0.15, -0.1) is 0 Å². The lowest BCUT2D eigenvalue weighted by Gasteiger charge is -2.44. The molecule has 0 heteroatoms. The molecule has 98 valence electrons. The molecule has 17 heavy (non-hydrogen) atoms. The van der Waals surface area contributed by atoms with E-state index in [1.54, 1.807) is 16.7 Å². The van der Waals surface area contributed by atoms with Gasteiger partial charge in [0.05, 0.1) is 0 Å². The second-order valence-corrected chi connectivity index (χ2v) is 6.86. The van der Waals surface area contributed by atoms with Crippen LogP contribution in [-0.4, -0.2) is 0 Å². The SMILES string of the molecule is C.CC1=C(C(C)C)C=C2C(C)(C)CCCC21C. The van der Waals surface area contributed by atoms with Crippen molar-refractivity contribution in [1.29, 1.82) is 0 Å². The van der Waals surface area contributed by atoms with Crippen LogP contribution in [0.25, 0.3) is 0 Å². The maximum Gasteiger partial charge on any atom is 0.0104 e. The average molecular weight is 234 g/mol. The van der Waals surface area contributed by atoms with E-state index in [0.29, 0.717) is 16.7 Å². The van der Waals surface area contributed by atoms with Crippen LogP contribution in [0.5, 0.6) is 0 Å². The Morgan fingerprint density at radius 3 is 2.18 bits per heavy atom. The molecule has 0 aliphatic heterocycles. The minimum Gasteiger partial charge on any atom is -0.0776 e. The molecule has 0 aromatic heterocycles. The third-order valence-electron chi connectivity index (χ3n) is 4.98. The van der Waals surface area contributed by atoms with Gasteiger partial charge in [-0.05, 0) is 36.7 Å². The lowest BCUT2D eigenvalue weighted by molar-refractivity contribution is 0.234. The summed E-state index contributed by atoms with van der Waals surface area (Å²) < 4.78 is 0. The Morgan fingerprint density at radius 1 is 1.12 bits per heavy atom. The van der Waals surface area contributed by atoms with Gasteiger partial charge in [-0.2, -0.15) is 0 Å². The summed E-state index contributed by atoms with van der Waals surface area (Å²) in [4.78, 5) is 0. The van der Waals surface area contributed by atoms with E-state index in [-0.39, 0.29) is 7.43 Å². The molecule has 0 bridgehead atoms. The lowest BCUT2D eigenvalue weighted by Crippen LogP contribution is -2.33. The smallest absolute Gasteiger partial charge is 0.0104 e. The van der Waals surface area contributed by atoms with Crippen LogP contribution >= 0.6 is 0 Å². The van der Waals surface area contributed by atoms with Gasteiger partial charge >= 0.3 is 0 Å². The van der Waals surface area contributed by atoms with Crippen molar-refractivity contribution in [2.45, 2.75) is 68.2 Å². The van der Waals surface area contributed by atoms with Crippen LogP contribution in [0.2, 0.25) is 0 Å². The van der Waals surface area contributed by atoms with Gasteiger partial charge in [-0.25, -0.2) is 0 Å². The molecule has 2 aliphatic rings. The third-order valence-corrected chi connectivity index (χ3v) is 4.98. The van der Waals surface area contributed by atoms with E-state index in [0.717, 1.165) is 0 Å². The molecule has 2 aliphatic carbocycles. The van der Waals surface area contributed by atoms with E-state index in [1.165, 1.54) is 19.3 Å². The standard InChI is InChI=1S/C16H26.CH4/c1-11(2)13-10-14-15(4,5)8-7-9-16(14,6)12(13)3;/h10-11H,7-9H2,1-6H3;1H4. The number of fused-ring (bicyclic) bond motifs is 1. The van der Waals surface area contributed by atoms with Gasteiger partial charge < -0.3 is 0 Å². The molecule has 1 atom stereocenters. The van der Waals surface area contributed by atoms with Crippen molar-refractivity contribution in [3.63, 3.8) is 0 Å². The first kappa shape index (κ1) is 14.5. The summed E-state index contributed by atoms with van der Waals surface area (Å²) in [5.41, 5.74) is 5.73. The minimum atomic E-state index is 0. The van der Waals surface area contributed by atoms with Crippen LogP contribution in [0.15, 0.2) is 22.8 Å². The van der Waals surface area contributed by atoms with E-state index in [9.17, 15) is 0 Å². The van der Waals surface area contributed by atoms with Crippen LogP contribution in [0.4, 0.5) is 0 Å². The summed E-state index contributed by atoms with van der Waals surface area (Å²) in [5.74, 6) is 0.672. The molecular formula is C17H30. The summed E-state index contributed by atoms with van der Waals surface area (Å²) in [7, 11) is 0. The highest BCUT2D eigenvalue weighted by atomic mass is 14.5. The first-order valence-corrected chi connectivity index (χ1v) is 6.73. The molecule has 1 fully saturated rings. The second kappa shape index (κ2) is 4.30. The predicted octanol–water partition coefficient (Wildman–Crippen LogP) is 5.75. The Balaban J connectivity index is 0.00000144. The van der Waals surface area contributed by atoms with Crippen LogP contribution in [0, 0.1) is 16.7 Å². The molecule has 2 rings (SSSR count). The number of hydrogen-bond donors (Lipinski definition) is 0. The first-order valence-electron chi connectivity index (χ1n) is 6.73. The van der Waals surface area contributed by atoms with Crippen LogP contribution in [0.1, 0.15) is 68.2 Å². The molecular weight excluding hydrogens is 204 g/mol. The van der Waals surface area contributed by atoms with Crippen LogP contribution in [-0.2, 0) is 0 Å². The fourth-order valence-electron chi connectivity index (χ4n) is 3.83. The maximum absolute atomic E-state index is 2.53. The van der Waals surface area contributed by atoms with Crippen molar-refractivity contribution >= 4 is 0 Å². The molecule has 0 saturated heterocycles. The number of hydrogen-bond acceptors (Lipinski definition) is 0. The molecule has 0 amide bonds. The fraction of sp³-hybridized carbons (Fsp3) is 0.765. The summed E-state index contributed by atoms with van der Waals surface area (Å²) in [6.07, 6.45) is 6.61. The zero-order chi connectivity index (χ0) is 12.1. The van der Waals surface area contributed by atoms with Crippen LogP contribution in [0.3, 0.4) is 0 Å². The van der Waals surface area contributed by atoms with Crippen molar-refractivity contribution in [2.24, 2.45) is 16.7 Å². The zero-order valence-corrected chi connectivity index (χ0v) is 11.8. The van der Waals surface area contributed by atoms with E-state index >= 15 is 0 Å². The molecule has 0 spiro atoms. The molecule has 1 unspecified atom stereocenters. The number of allylic oxidation sites excluding steroid dienone is 4. The molecule has 0 aromatic rings. The second-order valence-electron chi connectivity index (χ2n) is 6.86. The van der Waals surface area contributed by atoms with Gasteiger partial charge in [0.1, 0.15) is 0 Å². The molecule has 0 nitrogen and oxygen atoms in total. The van der Waals surface area contributed by atoms with Crippen molar-refractivity contribution in [3.05, 3.63) is 22.8 Å². The van der Waals surface area contributed by atoms with Gasteiger partial charge in [-0.3, -0.25) is 0 Å². The highest BCUT2D eigenvalue weighted by Crippen LogP contribution is 2.58. The molecule has 0 aromatic carbocycles. The van der Waals surface area contributed by atoms with E-state index < -0.39 is 0 Å². The Morgan fingerprint density at radius 2 is 1.71 bits per heavy atom. The van der Waals surface area contributed by atoms with E-state index in [2.05, 4.69) is 47.6 Å². The van der Waals surface area contributed by atoms with Gasteiger partial charge in [0.25, 0.3) is 0 Å². The van der Waals surface area contributed by atoms with Gasteiger partial charge in [0.2, 0.25) is 0 Å². The fourth-order valence-corrected chi connectivity index (χ4v) is 3.83. The summed E-state index contributed by atoms with van der Waals surface area (Å²) in [5, 5.41) is 0. The van der Waals surface area contributed by atoms with E-state index in [4.69, 9.17) is 0 Å². The summed E-state index contributed by atoms with van der Waals surface area (Å²) in [6.45, 7) is 14.3. The van der Waals surface area contributed by atoms with E-state index in [1.807, 2.05) is 0 Å². The highest BCUT2D eigenvalue weighted by Gasteiger charge is 2.46. The Kier molecular flexibility index (Phi) is 3.68. The molecule has 0 heterocycles. The first-order chi connectivity index (χ1) is 7.29. The monoisotopic (exact) mass is 234 g/mol. The van der Waals surface area contributed by atoms with Crippen molar-refractivity contribution in [1.82, 2.24) is 0 Å². The average Bonchev–Trinajstić information content (AvgIpc) is 2.40. The van der Waals surface area contributed by atoms with Crippen molar-refractivity contribution in [3.8, 4) is 0 Å². The number of rotatable bonds is 1. The Labute approximate surface area is 108 Å². The Hall–Kier alpha value is -0.520. The summed E-state index contributed by atoms with van der Waals surface area (Å²) >= 11 is 0. The maximum atomic E-state index is 2.53. The highest BCUT2D eigenvalue weighted by molar-refractivity contribution is 5.49.